The van der Waals surface area contributed by atoms with Gasteiger partial charge in [-0.1, -0.05) is 0 Å². The van der Waals surface area contributed by atoms with Gasteiger partial charge in [0.25, 0.3) is 0 Å². The molecule has 0 aromatic carbocycles. The Kier molecular flexibility index (Phi) is 4.84. The van der Waals surface area contributed by atoms with Crippen molar-refractivity contribution >= 4 is 7.82 Å². The standard InChI is InChI=1S/C7H15O10P/c8-2-7(12)6(11)5(10)4(9)3(17-7)1-16-18(13,14)15/h3-6,8-12H,1-2H2,(H2,13,14,15)/p-2/t3-,4-,5-,6+,7-/m1/s1. The lowest BCUT2D eigenvalue weighted by atomic mass is 9.93. The summed E-state index contributed by atoms with van der Waals surface area (Å²) in [4.78, 5) is 20.5. The summed E-state index contributed by atoms with van der Waals surface area (Å²) in [7, 11) is -5.32. The Morgan fingerprint density at radius 2 is 1.83 bits per heavy atom. The van der Waals surface area contributed by atoms with Crippen molar-refractivity contribution in [2.24, 2.45) is 0 Å². The molecule has 1 rings (SSSR count). The summed E-state index contributed by atoms with van der Waals surface area (Å²) in [6.07, 6.45) is -7.35. The van der Waals surface area contributed by atoms with Crippen LogP contribution in [-0.2, 0) is 13.8 Å². The minimum atomic E-state index is -5.32. The average Bonchev–Trinajstić information content (AvgIpc) is 2.28. The van der Waals surface area contributed by atoms with E-state index in [-0.39, 0.29) is 0 Å². The van der Waals surface area contributed by atoms with Crippen LogP contribution in [-0.4, -0.2) is 68.9 Å². The lowest BCUT2D eigenvalue weighted by molar-refractivity contribution is -0.367. The third kappa shape index (κ3) is 3.45. The molecular formula is C7H13O10P-2. The second kappa shape index (κ2) is 5.47. The van der Waals surface area contributed by atoms with Gasteiger partial charge >= 0.3 is 0 Å². The van der Waals surface area contributed by atoms with Crippen LogP contribution in [0.5, 0.6) is 0 Å². The molecule has 0 bridgehead atoms. The van der Waals surface area contributed by atoms with Crippen molar-refractivity contribution in [3.05, 3.63) is 0 Å². The minimum Gasteiger partial charge on any atom is -0.790 e. The lowest BCUT2D eigenvalue weighted by Crippen LogP contribution is -2.66. The maximum atomic E-state index is 10.2. The number of hydrogen-bond acceptors (Lipinski definition) is 10. The summed E-state index contributed by atoms with van der Waals surface area (Å²) in [6.45, 7) is -2.10. The third-order valence-electron chi connectivity index (χ3n) is 2.50. The molecule has 0 amide bonds. The lowest BCUT2D eigenvalue weighted by Gasteiger charge is -2.45. The second-order valence-corrected chi connectivity index (χ2v) is 4.98. The molecule has 5 atom stereocenters. The first-order valence-corrected chi connectivity index (χ1v) is 6.28. The molecule has 1 saturated heterocycles. The van der Waals surface area contributed by atoms with E-state index in [4.69, 9.17) is 5.11 Å². The Morgan fingerprint density at radius 1 is 1.28 bits per heavy atom. The average molecular weight is 288 g/mol. The van der Waals surface area contributed by atoms with Gasteiger partial charge in [-0.25, -0.2) is 0 Å². The molecule has 18 heavy (non-hydrogen) atoms. The highest BCUT2D eigenvalue weighted by Crippen LogP contribution is 2.31. The van der Waals surface area contributed by atoms with Gasteiger partial charge in [0.15, 0.2) is 0 Å². The van der Waals surface area contributed by atoms with Crippen molar-refractivity contribution < 1.29 is 49.1 Å². The Labute approximate surface area is 101 Å². The van der Waals surface area contributed by atoms with Gasteiger partial charge < -0.3 is 49.1 Å². The molecule has 1 aliphatic heterocycles. The van der Waals surface area contributed by atoms with E-state index in [0.717, 1.165) is 0 Å². The Morgan fingerprint density at radius 3 is 2.28 bits per heavy atom. The smallest absolute Gasteiger partial charge is 0.219 e. The van der Waals surface area contributed by atoms with Gasteiger partial charge in [0.1, 0.15) is 24.4 Å². The van der Waals surface area contributed by atoms with Crippen LogP contribution in [0.1, 0.15) is 0 Å². The van der Waals surface area contributed by atoms with Crippen molar-refractivity contribution in [3.8, 4) is 0 Å². The van der Waals surface area contributed by atoms with Gasteiger partial charge in [0, 0.05) is 0 Å². The van der Waals surface area contributed by atoms with Crippen LogP contribution in [0, 0.1) is 0 Å². The van der Waals surface area contributed by atoms with Crippen molar-refractivity contribution in [3.63, 3.8) is 0 Å². The van der Waals surface area contributed by atoms with Crippen LogP contribution < -0.4 is 9.79 Å². The fourth-order valence-electron chi connectivity index (χ4n) is 1.50. The number of phosphoric acid groups is 1. The predicted molar refractivity (Wildman–Crippen MR) is 48.5 cm³/mol. The number of rotatable bonds is 4. The van der Waals surface area contributed by atoms with E-state index >= 15 is 0 Å². The van der Waals surface area contributed by atoms with Crippen LogP contribution in [0.25, 0.3) is 0 Å². The minimum absolute atomic E-state index is 0.975. The number of hydrogen-bond donors (Lipinski definition) is 5. The Balaban J connectivity index is 2.77. The van der Waals surface area contributed by atoms with Crippen molar-refractivity contribution in [1.82, 2.24) is 0 Å². The molecule has 0 aliphatic carbocycles. The van der Waals surface area contributed by atoms with E-state index in [1.165, 1.54) is 0 Å². The number of aliphatic hydroxyl groups is 5. The van der Waals surface area contributed by atoms with Gasteiger partial charge in [-0.15, -0.1) is 0 Å². The number of aliphatic hydroxyl groups excluding tert-OH is 4. The van der Waals surface area contributed by atoms with Crippen LogP contribution >= 0.6 is 7.82 Å². The van der Waals surface area contributed by atoms with Crippen molar-refractivity contribution in [1.29, 1.82) is 0 Å². The van der Waals surface area contributed by atoms with Crippen molar-refractivity contribution in [2.75, 3.05) is 13.2 Å². The fourth-order valence-corrected chi connectivity index (χ4v) is 1.83. The molecule has 0 radical (unpaired) electrons. The summed E-state index contributed by atoms with van der Waals surface area (Å²) < 4.78 is 18.7. The summed E-state index contributed by atoms with van der Waals surface area (Å²) in [5.74, 6) is -2.59. The molecule has 11 heteroatoms. The zero-order valence-corrected chi connectivity index (χ0v) is 9.84. The molecule has 10 nitrogen and oxygen atoms in total. The SMILES string of the molecule is O=P([O-])([O-])OC[C@H]1O[C@](O)(CO)[C@@H](O)[C@H](O)[C@@H]1O. The fraction of sp³-hybridized carbons (Fsp3) is 1.00. The van der Waals surface area contributed by atoms with Crippen LogP contribution in [0.2, 0.25) is 0 Å². The van der Waals surface area contributed by atoms with Gasteiger partial charge in [0.2, 0.25) is 5.79 Å². The first-order chi connectivity index (χ1) is 8.10. The second-order valence-electron chi connectivity index (χ2n) is 3.83. The molecule has 0 unspecified atom stereocenters. The number of ether oxygens (including phenoxy) is 1. The molecule has 0 spiro atoms. The predicted octanol–water partition coefficient (Wildman–Crippen LogP) is -5.01. The topological polar surface area (TPSA) is 183 Å². The first-order valence-electron chi connectivity index (χ1n) is 4.82. The molecule has 0 saturated carbocycles. The Hall–Kier alpha value is -0.130. The number of phosphoric ester groups is 1. The molecule has 0 aromatic heterocycles. The molecule has 5 N–H and O–H groups in total. The van der Waals surface area contributed by atoms with Crippen LogP contribution in [0.3, 0.4) is 0 Å². The molecule has 1 aliphatic rings. The zero-order chi connectivity index (χ0) is 14.1. The maximum Gasteiger partial charge on any atom is 0.219 e. The van der Waals surface area contributed by atoms with Gasteiger partial charge in [0.05, 0.1) is 21.0 Å². The van der Waals surface area contributed by atoms with E-state index in [9.17, 15) is 34.8 Å². The molecule has 0 aromatic rings. The van der Waals surface area contributed by atoms with E-state index in [2.05, 4.69) is 9.26 Å². The van der Waals surface area contributed by atoms with E-state index < -0.39 is 51.2 Å². The largest absolute Gasteiger partial charge is 0.790 e. The van der Waals surface area contributed by atoms with Gasteiger partial charge in [-0.3, -0.25) is 0 Å². The van der Waals surface area contributed by atoms with E-state index in [1.807, 2.05) is 0 Å². The summed E-state index contributed by atoms with van der Waals surface area (Å²) in [5, 5.41) is 46.5. The highest BCUT2D eigenvalue weighted by Gasteiger charge is 2.52. The summed E-state index contributed by atoms with van der Waals surface area (Å²) in [5.41, 5.74) is 0. The normalized spacial score (nSPS) is 41.9. The highest BCUT2D eigenvalue weighted by atomic mass is 31.2. The quantitative estimate of drug-likeness (QED) is 0.314. The highest BCUT2D eigenvalue weighted by molar-refractivity contribution is 7.43. The summed E-state index contributed by atoms with van der Waals surface area (Å²) in [6, 6.07) is 0. The maximum absolute atomic E-state index is 10.2. The van der Waals surface area contributed by atoms with E-state index in [0.29, 0.717) is 0 Å². The zero-order valence-electron chi connectivity index (χ0n) is 8.95. The van der Waals surface area contributed by atoms with Crippen LogP contribution in [0.15, 0.2) is 0 Å². The van der Waals surface area contributed by atoms with Crippen LogP contribution in [0.4, 0.5) is 0 Å². The first kappa shape index (κ1) is 15.9. The third-order valence-corrected chi connectivity index (χ3v) is 2.96. The molecule has 1 fully saturated rings. The molecular weight excluding hydrogens is 275 g/mol. The molecule has 1 heterocycles. The molecule has 108 valence electrons. The summed E-state index contributed by atoms with van der Waals surface area (Å²) >= 11 is 0. The van der Waals surface area contributed by atoms with Gasteiger partial charge in [-0.2, -0.15) is 0 Å². The van der Waals surface area contributed by atoms with Gasteiger partial charge in [-0.05, 0) is 0 Å². The van der Waals surface area contributed by atoms with E-state index in [1.54, 1.807) is 0 Å². The van der Waals surface area contributed by atoms with Crippen molar-refractivity contribution in [2.45, 2.75) is 30.2 Å². The Bertz CT molecular complexity index is 330. The monoisotopic (exact) mass is 288 g/mol.